The largest absolute Gasteiger partial charge is 0.497 e. The molecule has 1 N–H and O–H groups in total. The predicted molar refractivity (Wildman–Crippen MR) is 95.9 cm³/mol. The number of halogens is 1. The molecule has 0 aromatic heterocycles. The zero-order valence-electron chi connectivity index (χ0n) is 13.1. The van der Waals surface area contributed by atoms with Crippen molar-refractivity contribution in [1.82, 2.24) is 4.72 Å². The van der Waals surface area contributed by atoms with Crippen molar-refractivity contribution < 1.29 is 13.2 Å². The number of hydrogen-bond donors (Lipinski definition) is 1. The highest BCUT2D eigenvalue weighted by Gasteiger charge is 2.18. The predicted octanol–water partition coefficient (Wildman–Crippen LogP) is 4.03. The number of hydrogen-bond acceptors (Lipinski definition) is 3. The van der Waals surface area contributed by atoms with Gasteiger partial charge in [0, 0.05) is 10.5 Å². The second kappa shape index (κ2) is 7.95. The Morgan fingerprint density at radius 1 is 1.09 bits per heavy atom. The van der Waals surface area contributed by atoms with E-state index in [9.17, 15) is 8.42 Å². The van der Waals surface area contributed by atoms with Gasteiger partial charge in [-0.15, -0.1) is 0 Å². The molecule has 6 heteroatoms. The molecule has 0 saturated carbocycles. The van der Waals surface area contributed by atoms with Gasteiger partial charge >= 0.3 is 0 Å². The summed E-state index contributed by atoms with van der Waals surface area (Å²) in [7, 11) is -1.81. The van der Waals surface area contributed by atoms with Crippen LogP contribution in [0.15, 0.2) is 53.0 Å². The van der Waals surface area contributed by atoms with Gasteiger partial charge in [0.05, 0.1) is 12.9 Å². The molecule has 0 radical (unpaired) electrons. The Morgan fingerprint density at radius 2 is 1.70 bits per heavy atom. The lowest BCUT2D eigenvalue weighted by Crippen LogP contribution is -2.29. The van der Waals surface area contributed by atoms with Crippen LogP contribution in [0.3, 0.4) is 0 Å². The average molecular weight is 398 g/mol. The number of sulfonamides is 1. The SMILES string of the molecule is CCC(NS(=O)(=O)Cc1ccc(Br)cc1)c1ccc(OC)cc1. The molecule has 1 unspecified atom stereocenters. The lowest BCUT2D eigenvalue weighted by molar-refractivity contribution is 0.414. The minimum absolute atomic E-state index is 0.0348. The van der Waals surface area contributed by atoms with Gasteiger partial charge in [-0.05, 0) is 41.8 Å². The molecule has 23 heavy (non-hydrogen) atoms. The maximum Gasteiger partial charge on any atom is 0.216 e. The van der Waals surface area contributed by atoms with Crippen LogP contribution < -0.4 is 9.46 Å². The van der Waals surface area contributed by atoms with Gasteiger partial charge in [0.1, 0.15) is 5.75 Å². The van der Waals surface area contributed by atoms with Crippen LogP contribution in [0.5, 0.6) is 5.75 Å². The first-order chi connectivity index (χ1) is 10.9. The molecular weight excluding hydrogens is 378 g/mol. The first kappa shape index (κ1) is 18.0. The van der Waals surface area contributed by atoms with Gasteiger partial charge in [-0.1, -0.05) is 47.1 Å². The van der Waals surface area contributed by atoms with Gasteiger partial charge in [-0.3, -0.25) is 0 Å². The molecule has 0 aliphatic heterocycles. The average Bonchev–Trinajstić information content (AvgIpc) is 2.55. The number of benzene rings is 2. The van der Waals surface area contributed by atoms with E-state index in [2.05, 4.69) is 20.7 Å². The molecule has 0 spiro atoms. The molecule has 0 heterocycles. The second-order valence-electron chi connectivity index (χ2n) is 5.24. The van der Waals surface area contributed by atoms with Crippen LogP contribution >= 0.6 is 15.9 Å². The number of methoxy groups -OCH3 is 1. The Balaban J connectivity index is 2.10. The Morgan fingerprint density at radius 3 is 2.22 bits per heavy atom. The van der Waals surface area contributed by atoms with Crippen LogP contribution in [0.4, 0.5) is 0 Å². The lowest BCUT2D eigenvalue weighted by atomic mass is 10.1. The zero-order valence-corrected chi connectivity index (χ0v) is 15.5. The minimum atomic E-state index is -3.42. The smallest absolute Gasteiger partial charge is 0.216 e. The van der Waals surface area contributed by atoms with E-state index in [0.717, 1.165) is 21.3 Å². The molecule has 2 rings (SSSR count). The summed E-state index contributed by atoms with van der Waals surface area (Å²) in [5, 5.41) is 0. The van der Waals surface area contributed by atoms with Crippen molar-refractivity contribution in [2.45, 2.75) is 25.1 Å². The molecule has 4 nitrogen and oxygen atoms in total. The third-order valence-electron chi connectivity index (χ3n) is 3.52. The lowest BCUT2D eigenvalue weighted by Gasteiger charge is -2.18. The summed E-state index contributed by atoms with van der Waals surface area (Å²) in [5.41, 5.74) is 1.68. The summed E-state index contributed by atoms with van der Waals surface area (Å²) >= 11 is 3.34. The van der Waals surface area contributed by atoms with Gasteiger partial charge in [0.25, 0.3) is 0 Å². The highest BCUT2D eigenvalue weighted by molar-refractivity contribution is 9.10. The van der Waals surface area contributed by atoms with E-state index < -0.39 is 10.0 Å². The van der Waals surface area contributed by atoms with Crippen molar-refractivity contribution in [1.29, 1.82) is 0 Å². The van der Waals surface area contributed by atoms with Gasteiger partial charge in [-0.2, -0.15) is 0 Å². The van der Waals surface area contributed by atoms with E-state index >= 15 is 0 Å². The van der Waals surface area contributed by atoms with Gasteiger partial charge in [0.2, 0.25) is 10.0 Å². The summed E-state index contributed by atoms with van der Waals surface area (Å²) < 4.78 is 33.6. The fourth-order valence-corrected chi connectivity index (χ4v) is 4.00. The van der Waals surface area contributed by atoms with Crippen molar-refractivity contribution in [3.05, 3.63) is 64.1 Å². The Kier molecular flexibility index (Phi) is 6.21. The molecular formula is C17H20BrNO3S. The summed E-state index contributed by atoms with van der Waals surface area (Å²) in [5.74, 6) is 0.716. The van der Waals surface area contributed by atoms with Gasteiger partial charge in [-0.25, -0.2) is 13.1 Å². The van der Waals surface area contributed by atoms with Gasteiger partial charge < -0.3 is 4.74 Å². The van der Waals surface area contributed by atoms with Crippen LogP contribution in [0.1, 0.15) is 30.5 Å². The van der Waals surface area contributed by atoms with E-state index in [-0.39, 0.29) is 11.8 Å². The Labute approximate surface area is 146 Å². The summed E-state index contributed by atoms with van der Waals surface area (Å²) in [6, 6.07) is 14.5. The van der Waals surface area contributed by atoms with E-state index in [4.69, 9.17) is 4.74 Å². The van der Waals surface area contributed by atoms with Crippen molar-refractivity contribution >= 4 is 26.0 Å². The molecule has 0 bridgehead atoms. The molecule has 2 aromatic carbocycles. The summed E-state index contributed by atoms with van der Waals surface area (Å²) in [6.45, 7) is 1.96. The van der Waals surface area contributed by atoms with E-state index in [1.165, 1.54) is 0 Å². The number of ether oxygens (including phenoxy) is 1. The first-order valence-corrected chi connectivity index (χ1v) is 9.76. The van der Waals surface area contributed by atoms with Crippen LogP contribution in [-0.2, 0) is 15.8 Å². The third-order valence-corrected chi connectivity index (χ3v) is 5.40. The second-order valence-corrected chi connectivity index (χ2v) is 7.91. The van der Waals surface area contributed by atoms with Crippen molar-refractivity contribution in [2.24, 2.45) is 0 Å². The van der Waals surface area contributed by atoms with E-state index in [1.807, 2.05) is 43.3 Å². The summed E-state index contributed by atoms with van der Waals surface area (Å²) in [6.07, 6.45) is 0.673. The standard InChI is InChI=1S/C17H20BrNO3S/c1-3-17(14-6-10-16(22-2)11-7-14)19-23(20,21)12-13-4-8-15(18)9-5-13/h4-11,17,19H,3,12H2,1-2H3. The van der Waals surface area contributed by atoms with Gasteiger partial charge in [0.15, 0.2) is 0 Å². The van der Waals surface area contributed by atoms with Crippen LogP contribution in [0, 0.1) is 0 Å². The fraction of sp³-hybridized carbons (Fsp3) is 0.294. The summed E-state index contributed by atoms with van der Waals surface area (Å²) in [4.78, 5) is 0. The number of nitrogens with one attached hydrogen (secondary N) is 1. The first-order valence-electron chi connectivity index (χ1n) is 7.32. The Hall–Kier alpha value is -1.37. The molecule has 0 saturated heterocycles. The molecule has 0 amide bonds. The van der Waals surface area contributed by atoms with Crippen molar-refractivity contribution in [3.63, 3.8) is 0 Å². The quantitative estimate of drug-likeness (QED) is 0.766. The maximum atomic E-state index is 12.4. The molecule has 0 aliphatic rings. The molecule has 2 aromatic rings. The normalized spacial score (nSPS) is 12.8. The molecule has 1 atom stereocenters. The number of rotatable bonds is 7. The van der Waals surface area contributed by atoms with Crippen molar-refractivity contribution in [2.75, 3.05) is 7.11 Å². The highest BCUT2D eigenvalue weighted by Crippen LogP contribution is 2.22. The van der Waals surface area contributed by atoms with Crippen LogP contribution in [0.2, 0.25) is 0 Å². The third kappa shape index (κ3) is 5.34. The maximum absolute atomic E-state index is 12.4. The molecule has 124 valence electrons. The topological polar surface area (TPSA) is 55.4 Å². The monoisotopic (exact) mass is 397 g/mol. The Bertz CT molecular complexity index is 727. The van der Waals surface area contributed by atoms with Crippen molar-refractivity contribution in [3.8, 4) is 5.75 Å². The minimum Gasteiger partial charge on any atom is -0.497 e. The van der Waals surface area contributed by atoms with Crippen LogP contribution in [-0.4, -0.2) is 15.5 Å². The fourth-order valence-electron chi connectivity index (χ4n) is 2.28. The van der Waals surface area contributed by atoms with E-state index in [0.29, 0.717) is 6.42 Å². The van der Waals surface area contributed by atoms with Crippen LogP contribution in [0.25, 0.3) is 0 Å². The molecule has 0 aliphatic carbocycles. The molecule has 0 fully saturated rings. The highest BCUT2D eigenvalue weighted by atomic mass is 79.9. The zero-order chi connectivity index (χ0) is 16.9. The van der Waals surface area contributed by atoms with E-state index in [1.54, 1.807) is 19.2 Å².